The summed E-state index contributed by atoms with van der Waals surface area (Å²) in [6.45, 7) is 4.99. The first-order chi connectivity index (χ1) is 17.4. The fourth-order valence-corrected chi connectivity index (χ4v) is 4.88. The van der Waals surface area contributed by atoms with Gasteiger partial charge in [-0.05, 0) is 55.3 Å². The minimum atomic E-state index is -0.747. The smallest absolute Gasteiger partial charge is 0.227 e. The number of aliphatic hydroxyl groups excluding tert-OH is 1. The third-order valence-electron chi connectivity index (χ3n) is 6.72. The molecule has 7 heteroatoms. The fraction of sp³-hybridized carbons (Fsp3) is 0.310. The Morgan fingerprint density at radius 2 is 1.83 bits per heavy atom. The number of hydrogen-bond acceptors (Lipinski definition) is 5. The van der Waals surface area contributed by atoms with Crippen LogP contribution in [0, 0.1) is 13.8 Å². The number of amides is 1. The average Bonchev–Trinajstić information content (AvgIpc) is 3.45. The fourth-order valence-electron chi connectivity index (χ4n) is 4.88. The highest BCUT2D eigenvalue weighted by molar-refractivity contribution is 5.97. The number of benzene rings is 3. The molecule has 0 spiro atoms. The van der Waals surface area contributed by atoms with Gasteiger partial charge in [-0.3, -0.25) is 4.79 Å². The molecule has 0 radical (unpaired) electrons. The molecule has 36 heavy (non-hydrogen) atoms. The summed E-state index contributed by atoms with van der Waals surface area (Å²) in [5.74, 6) is 2.16. The van der Waals surface area contributed by atoms with E-state index < -0.39 is 6.10 Å². The lowest BCUT2D eigenvalue weighted by Gasteiger charge is -2.20. The number of carbonyl (C=O) groups excluding carboxylic acids is 1. The van der Waals surface area contributed by atoms with Crippen molar-refractivity contribution in [3.63, 3.8) is 0 Å². The van der Waals surface area contributed by atoms with Gasteiger partial charge in [-0.25, -0.2) is 4.98 Å². The van der Waals surface area contributed by atoms with Gasteiger partial charge in [-0.2, -0.15) is 0 Å². The molecular weight excluding hydrogens is 454 g/mol. The van der Waals surface area contributed by atoms with Crippen LogP contribution in [0.3, 0.4) is 0 Å². The molecule has 0 saturated carbocycles. The van der Waals surface area contributed by atoms with E-state index in [-0.39, 0.29) is 18.4 Å². The van der Waals surface area contributed by atoms with E-state index in [9.17, 15) is 9.90 Å². The number of fused-ring (bicyclic) bond motifs is 1. The van der Waals surface area contributed by atoms with Crippen molar-refractivity contribution in [3.05, 3.63) is 83.7 Å². The van der Waals surface area contributed by atoms with Crippen LogP contribution in [0.4, 0.5) is 5.69 Å². The molecule has 1 amide bonds. The molecule has 1 fully saturated rings. The van der Waals surface area contributed by atoms with Crippen LogP contribution in [0.5, 0.6) is 11.5 Å². The Kier molecular flexibility index (Phi) is 6.65. The van der Waals surface area contributed by atoms with Crippen LogP contribution in [0.1, 0.15) is 29.3 Å². The van der Waals surface area contributed by atoms with Gasteiger partial charge in [-0.15, -0.1) is 0 Å². The number of hydrogen-bond donors (Lipinski definition) is 1. The summed E-state index contributed by atoms with van der Waals surface area (Å²) < 4.78 is 13.5. The standard InChI is InChI=1S/C29H31N3O4/c1-19-12-13-20(2)27(14-19)36-18-22(33)17-32-24-9-5-4-8-23(24)30-29(32)21-15-28(34)31(16-21)25-10-6-7-11-26(25)35-3/h4-14,21-22,33H,15-18H2,1-3H3/t21-,22+/m0/s1. The van der Waals surface area contributed by atoms with E-state index >= 15 is 0 Å². The van der Waals surface area contributed by atoms with Crippen molar-refractivity contribution in [1.82, 2.24) is 9.55 Å². The second-order valence-electron chi connectivity index (χ2n) is 9.38. The van der Waals surface area contributed by atoms with E-state index in [2.05, 4.69) is 0 Å². The molecule has 1 aliphatic rings. The normalized spacial score (nSPS) is 16.5. The summed E-state index contributed by atoms with van der Waals surface area (Å²) in [7, 11) is 1.61. The summed E-state index contributed by atoms with van der Waals surface area (Å²) in [5.41, 5.74) is 4.68. The Hall–Kier alpha value is -3.84. The Balaban J connectivity index is 1.39. The third-order valence-corrected chi connectivity index (χ3v) is 6.72. The van der Waals surface area contributed by atoms with E-state index in [0.29, 0.717) is 25.3 Å². The van der Waals surface area contributed by atoms with Crippen LogP contribution in [-0.4, -0.2) is 46.9 Å². The lowest BCUT2D eigenvalue weighted by Crippen LogP contribution is -2.27. The third kappa shape index (κ3) is 4.66. The van der Waals surface area contributed by atoms with Gasteiger partial charge in [0.05, 0.1) is 30.4 Å². The first-order valence-electron chi connectivity index (χ1n) is 12.2. The van der Waals surface area contributed by atoms with E-state index in [1.54, 1.807) is 12.0 Å². The van der Waals surface area contributed by atoms with Crippen LogP contribution in [0.25, 0.3) is 11.0 Å². The number of nitrogens with zero attached hydrogens (tertiary/aromatic N) is 3. The summed E-state index contributed by atoms with van der Waals surface area (Å²) in [5, 5.41) is 11.0. The number of aromatic nitrogens is 2. The van der Waals surface area contributed by atoms with Gasteiger partial charge in [0, 0.05) is 18.9 Å². The highest BCUT2D eigenvalue weighted by Crippen LogP contribution is 2.37. The van der Waals surface area contributed by atoms with Gasteiger partial charge < -0.3 is 24.0 Å². The topological polar surface area (TPSA) is 76.8 Å². The molecule has 1 aromatic heterocycles. The maximum Gasteiger partial charge on any atom is 0.227 e. The molecule has 0 unspecified atom stereocenters. The average molecular weight is 486 g/mol. The van der Waals surface area contributed by atoms with Crippen LogP contribution >= 0.6 is 0 Å². The van der Waals surface area contributed by atoms with Crippen molar-refractivity contribution >= 4 is 22.6 Å². The lowest BCUT2D eigenvalue weighted by molar-refractivity contribution is -0.117. The second-order valence-corrected chi connectivity index (χ2v) is 9.38. The number of ether oxygens (including phenoxy) is 2. The van der Waals surface area contributed by atoms with Crippen LogP contribution in [0.2, 0.25) is 0 Å². The molecule has 1 N–H and O–H groups in total. The number of carbonyl (C=O) groups is 1. The Morgan fingerprint density at radius 1 is 1.06 bits per heavy atom. The van der Waals surface area contributed by atoms with Crippen LogP contribution < -0.4 is 14.4 Å². The maximum atomic E-state index is 13.1. The SMILES string of the molecule is COc1ccccc1N1C[C@@H](c2nc3ccccc3n2C[C@@H](O)COc2cc(C)ccc2C)CC1=O. The van der Waals surface area contributed by atoms with Gasteiger partial charge in [0.2, 0.25) is 5.91 Å². The van der Waals surface area contributed by atoms with E-state index in [1.165, 1.54) is 0 Å². The molecule has 2 atom stereocenters. The molecular formula is C29H31N3O4. The second kappa shape index (κ2) is 10.0. The first kappa shape index (κ1) is 23.9. The molecule has 2 heterocycles. The number of anilines is 1. The zero-order chi connectivity index (χ0) is 25.2. The van der Waals surface area contributed by atoms with Crippen LogP contribution in [0.15, 0.2) is 66.7 Å². The largest absolute Gasteiger partial charge is 0.495 e. The highest BCUT2D eigenvalue weighted by atomic mass is 16.5. The highest BCUT2D eigenvalue weighted by Gasteiger charge is 2.36. The first-order valence-corrected chi connectivity index (χ1v) is 12.2. The molecule has 0 aliphatic carbocycles. The molecule has 7 nitrogen and oxygen atoms in total. The van der Waals surface area contributed by atoms with Gasteiger partial charge in [-0.1, -0.05) is 36.4 Å². The number of rotatable bonds is 8. The number of imidazole rings is 1. The zero-order valence-electron chi connectivity index (χ0n) is 20.8. The maximum absolute atomic E-state index is 13.1. The van der Waals surface area contributed by atoms with Gasteiger partial charge in [0.15, 0.2) is 0 Å². The minimum Gasteiger partial charge on any atom is -0.495 e. The molecule has 1 saturated heterocycles. The van der Waals surface area contributed by atoms with E-state index in [4.69, 9.17) is 14.5 Å². The number of aliphatic hydroxyl groups is 1. The van der Waals surface area contributed by atoms with Crippen LogP contribution in [-0.2, 0) is 11.3 Å². The van der Waals surface area contributed by atoms with Crippen molar-refractivity contribution < 1.29 is 19.4 Å². The molecule has 3 aromatic carbocycles. The summed E-state index contributed by atoms with van der Waals surface area (Å²) in [6, 6.07) is 21.5. The minimum absolute atomic E-state index is 0.0295. The van der Waals surface area contributed by atoms with E-state index in [1.807, 2.05) is 85.1 Å². The van der Waals surface area contributed by atoms with Gasteiger partial charge in [0.1, 0.15) is 30.0 Å². The Labute approximate surface area is 210 Å². The van der Waals surface area contributed by atoms with E-state index in [0.717, 1.165) is 39.4 Å². The van der Waals surface area contributed by atoms with Gasteiger partial charge >= 0.3 is 0 Å². The van der Waals surface area contributed by atoms with Crippen molar-refractivity contribution in [1.29, 1.82) is 0 Å². The molecule has 5 rings (SSSR count). The number of para-hydroxylation sites is 4. The van der Waals surface area contributed by atoms with Gasteiger partial charge in [0.25, 0.3) is 0 Å². The molecule has 4 aromatic rings. The molecule has 1 aliphatic heterocycles. The monoisotopic (exact) mass is 485 g/mol. The van der Waals surface area contributed by atoms with Crippen molar-refractivity contribution in [2.45, 2.75) is 38.8 Å². The molecule has 0 bridgehead atoms. The molecule has 186 valence electrons. The quantitative estimate of drug-likeness (QED) is 0.394. The lowest BCUT2D eigenvalue weighted by atomic mass is 10.1. The van der Waals surface area contributed by atoms with Crippen molar-refractivity contribution in [2.75, 3.05) is 25.2 Å². The summed E-state index contributed by atoms with van der Waals surface area (Å²) in [6.07, 6.45) is -0.403. The zero-order valence-corrected chi connectivity index (χ0v) is 20.8. The van der Waals surface area contributed by atoms with Crippen molar-refractivity contribution in [2.24, 2.45) is 0 Å². The number of methoxy groups -OCH3 is 1. The summed E-state index contributed by atoms with van der Waals surface area (Å²) in [4.78, 5) is 19.7. The Bertz CT molecular complexity index is 1400. The Morgan fingerprint density at radius 3 is 2.67 bits per heavy atom. The predicted octanol–water partition coefficient (Wildman–Crippen LogP) is 4.62. The van der Waals surface area contributed by atoms with Crippen molar-refractivity contribution in [3.8, 4) is 11.5 Å². The number of aryl methyl sites for hydroxylation is 2. The predicted molar refractivity (Wildman–Crippen MR) is 140 cm³/mol. The summed E-state index contributed by atoms with van der Waals surface area (Å²) >= 11 is 0.